The van der Waals surface area contributed by atoms with E-state index >= 15 is 0 Å². The largest absolute Gasteiger partial charge is 0.472 e. The van der Waals surface area contributed by atoms with Crippen molar-refractivity contribution in [3.05, 3.63) is 12.2 Å². The molecule has 0 aromatic carbocycles. The summed E-state index contributed by atoms with van der Waals surface area (Å²) >= 11 is 0. The number of phosphoric ester groups is 1. The summed E-state index contributed by atoms with van der Waals surface area (Å²) in [5, 5.41) is 0. The van der Waals surface area contributed by atoms with Crippen LogP contribution in [0.1, 0.15) is 194 Å². The number of carbonyl (C=O) groups excluding carboxylic acids is 1. The number of carbonyl (C=O) groups is 1. The van der Waals surface area contributed by atoms with Crippen molar-refractivity contribution < 1.29 is 37.3 Å². The number of unbranched alkanes of at least 4 members (excludes halogenated alkanes) is 24. The SMILES string of the molecule is CCCC/C=C\CCCCCCCC(=O)OC(COCCCCCCCCCCCCCCCCCCCC)COP(=O)(O)OCC[N+](C)(C)C. The molecule has 51 heavy (non-hydrogen) atoms. The van der Waals surface area contributed by atoms with Gasteiger partial charge in [-0.25, -0.2) is 4.57 Å². The van der Waals surface area contributed by atoms with Gasteiger partial charge in [0.2, 0.25) is 0 Å². The van der Waals surface area contributed by atoms with Gasteiger partial charge in [-0.2, -0.15) is 0 Å². The maximum absolute atomic E-state index is 12.6. The molecule has 0 saturated carbocycles. The van der Waals surface area contributed by atoms with E-state index in [2.05, 4.69) is 26.0 Å². The van der Waals surface area contributed by atoms with Crippen LogP contribution in [-0.2, 0) is 27.9 Å². The molecular weight excluding hydrogens is 661 g/mol. The van der Waals surface area contributed by atoms with Crippen molar-refractivity contribution in [1.82, 2.24) is 0 Å². The first-order chi connectivity index (χ1) is 24.6. The van der Waals surface area contributed by atoms with Gasteiger partial charge < -0.3 is 18.9 Å². The molecule has 0 aliphatic heterocycles. The second-order valence-corrected chi connectivity index (χ2v) is 17.2. The highest BCUT2D eigenvalue weighted by Crippen LogP contribution is 2.43. The number of hydrogen-bond donors (Lipinski definition) is 1. The van der Waals surface area contributed by atoms with Gasteiger partial charge in [0.15, 0.2) is 0 Å². The normalized spacial score (nSPS) is 13.9. The van der Waals surface area contributed by atoms with E-state index < -0.39 is 13.9 Å². The molecule has 9 heteroatoms. The number of esters is 1. The van der Waals surface area contributed by atoms with Crippen LogP contribution in [-0.4, -0.2) is 75.6 Å². The van der Waals surface area contributed by atoms with Gasteiger partial charge >= 0.3 is 13.8 Å². The molecule has 0 heterocycles. The molecule has 0 radical (unpaired) electrons. The average molecular weight is 747 g/mol. The first kappa shape index (κ1) is 50.2. The van der Waals surface area contributed by atoms with Gasteiger partial charge in [-0.05, 0) is 32.1 Å². The number of rotatable bonds is 40. The molecule has 1 N–H and O–H groups in total. The van der Waals surface area contributed by atoms with Gasteiger partial charge in [-0.15, -0.1) is 0 Å². The molecule has 2 unspecified atom stereocenters. The van der Waals surface area contributed by atoms with Crippen molar-refractivity contribution in [3.63, 3.8) is 0 Å². The summed E-state index contributed by atoms with van der Waals surface area (Å²) in [6, 6.07) is 0. The zero-order chi connectivity index (χ0) is 37.7. The Morgan fingerprint density at radius 3 is 1.55 bits per heavy atom. The van der Waals surface area contributed by atoms with Crippen LogP contribution >= 0.6 is 7.82 Å². The van der Waals surface area contributed by atoms with Crippen molar-refractivity contribution >= 4 is 13.8 Å². The first-order valence-corrected chi connectivity index (χ1v) is 22.9. The number of allylic oxidation sites excluding steroid dienone is 2. The monoisotopic (exact) mass is 747 g/mol. The maximum Gasteiger partial charge on any atom is 0.472 e. The third-order valence-corrected chi connectivity index (χ3v) is 10.3. The topological polar surface area (TPSA) is 91.3 Å². The van der Waals surface area contributed by atoms with E-state index in [1.807, 2.05) is 21.1 Å². The number of hydrogen-bond acceptors (Lipinski definition) is 6. The highest BCUT2D eigenvalue weighted by Gasteiger charge is 2.26. The van der Waals surface area contributed by atoms with Crippen LogP contribution in [0.2, 0.25) is 0 Å². The maximum atomic E-state index is 12.6. The predicted octanol–water partition coefficient (Wildman–Crippen LogP) is 12.3. The smallest absolute Gasteiger partial charge is 0.457 e. The Kier molecular flexibility index (Phi) is 35.7. The van der Waals surface area contributed by atoms with Crippen LogP contribution in [0.4, 0.5) is 0 Å². The molecule has 0 aliphatic rings. The molecule has 0 amide bonds. The fourth-order valence-corrected chi connectivity index (χ4v) is 6.69. The average Bonchev–Trinajstić information content (AvgIpc) is 3.08. The first-order valence-electron chi connectivity index (χ1n) is 21.4. The lowest BCUT2D eigenvalue weighted by atomic mass is 10.0. The van der Waals surface area contributed by atoms with Crippen LogP contribution in [0.15, 0.2) is 12.2 Å². The molecule has 0 saturated heterocycles. The number of nitrogens with zero attached hydrogens (tertiary/aromatic N) is 1. The minimum absolute atomic E-state index is 0.0900. The molecule has 0 aromatic heterocycles. The standard InChI is InChI=1S/C42H84NO7P/c1-6-8-10-12-14-16-18-19-20-21-22-23-24-26-28-30-32-34-37-47-39-41(40-49-51(45,46)48-38-36-43(3,4)5)50-42(44)35-33-31-29-27-25-17-15-13-11-9-7-2/h13,15,41H,6-12,14,16-40H2,1-5H3/p+1/b15-13-. The van der Waals surface area contributed by atoms with E-state index in [1.165, 1.54) is 128 Å². The van der Waals surface area contributed by atoms with Crippen molar-refractivity contribution in [2.45, 2.75) is 200 Å². The van der Waals surface area contributed by atoms with E-state index in [1.54, 1.807) is 0 Å². The van der Waals surface area contributed by atoms with Gasteiger partial charge in [0.1, 0.15) is 19.3 Å². The van der Waals surface area contributed by atoms with Gasteiger partial charge in [-0.1, -0.05) is 167 Å². The minimum Gasteiger partial charge on any atom is -0.457 e. The molecule has 304 valence electrons. The Hall–Kier alpha value is -0.760. The number of phosphoric acid groups is 1. The lowest BCUT2D eigenvalue weighted by Crippen LogP contribution is -2.37. The fourth-order valence-electron chi connectivity index (χ4n) is 5.95. The van der Waals surface area contributed by atoms with Crippen LogP contribution < -0.4 is 0 Å². The highest BCUT2D eigenvalue weighted by molar-refractivity contribution is 7.47. The van der Waals surface area contributed by atoms with E-state index in [0.29, 0.717) is 24.1 Å². The minimum atomic E-state index is -4.27. The van der Waals surface area contributed by atoms with Crippen molar-refractivity contribution in [1.29, 1.82) is 0 Å². The summed E-state index contributed by atoms with van der Waals surface area (Å²) in [5.74, 6) is -0.321. The molecule has 0 rings (SSSR count). The fraction of sp³-hybridized carbons (Fsp3) is 0.929. The Labute approximate surface area is 316 Å². The van der Waals surface area contributed by atoms with Crippen molar-refractivity contribution in [2.24, 2.45) is 0 Å². The Morgan fingerprint density at radius 2 is 1.04 bits per heavy atom. The quantitative estimate of drug-likeness (QED) is 0.0219. The van der Waals surface area contributed by atoms with Crippen LogP contribution in [0.3, 0.4) is 0 Å². The Balaban J connectivity index is 4.16. The third-order valence-electron chi connectivity index (χ3n) is 9.33. The van der Waals surface area contributed by atoms with E-state index in [4.69, 9.17) is 18.5 Å². The van der Waals surface area contributed by atoms with Gasteiger partial charge in [0.25, 0.3) is 0 Å². The van der Waals surface area contributed by atoms with Crippen LogP contribution in [0.5, 0.6) is 0 Å². The summed E-state index contributed by atoms with van der Waals surface area (Å²) in [6.07, 6.45) is 38.1. The van der Waals surface area contributed by atoms with E-state index in [-0.39, 0.29) is 25.8 Å². The lowest BCUT2D eigenvalue weighted by molar-refractivity contribution is -0.870. The predicted molar refractivity (Wildman–Crippen MR) is 215 cm³/mol. The molecule has 2 atom stereocenters. The summed E-state index contributed by atoms with van der Waals surface area (Å²) in [4.78, 5) is 22.8. The number of quaternary nitrogens is 1. The summed E-state index contributed by atoms with van der Waals surface area (Å²) in [5.41, 5.74) is 0. The second-order valence-electron chi connectivity index (χ2n) is 15.7. The van der Waals surface area contributed by atoms with Gasteiger partial charge in [-0.3, -0.25) is 13.8 Å². The molecule has 0 aliphatic carbocycles. The van der Waals surface area contributed by atoms with Crippen LogP contribution in [0.25, 0.3) is 0 Å². The summed E-state index contributed by atoms with van der Waals surface area (Å²) < 4.78 is 34.9. The lowest BCUT2D eigenvalue weighted by Gasteiger charge is -2.24. The molecule has 8 nitrogen and oxygen atoms in total. The highest BCUT2D eigenvalue weighted by atomic mass is 31.2. The van der Waals surface area contributed by atoms with E-state index in [0.717, 1.165) is 44.9 Å². The van der Waals surface area contributed by atoms with Gasteiger partial charge in [0.05, 0.1) is 34.4 Å². The van der Waals surface area contributed by atoms with Crippen molar-refractivity contribution in [3.8, 4) is 0 Å². The molecule has 0 aromatic rings. The molecular formula is C42H85NO7P+. The Morgan fingerprint density at radius 1 is 0.588 bits per heavy atom. The van der Waals surface area contributed by atoms with Crippen molar-refractivity contribution in [2.75, 3.05) is 54.1 Å². The van der Waals surface area contributed by atoms with Gasteiger partial charge in [0, 0.05) is 13.0 Å². The zero-order valence-corrected chi connectivity index (χ0v) is 35.3. The summed E-state index contributed by atoms with van der Waals surface area (Å²) in [7, 11) is 1.67. The Bertz CT molecular complexity index is 833. The third kappa shape index (κ3) is 40.3. The molecule has 0 fully saturated rings. The summed E-state index contributed by atoms with van der Waals surface area (Å²) in [6.45, 7) is 5.61. The molecule has 0 spiro atoms. The van der Waals surface area contributed by atoms with Crippen LogP contribution in [0, 0.1) is 0 Å². The van der Waals surface area contributed by atoms with E-state index in [9.17, 15) is 14.3 Å². The second kappa shape index (κ2) is 36.2. The molecule has 0 bridgehead atoms. The number of ether oxygens (including phenoxy) is 2. The number of likely N-dealkylation sites (N-methyl/N-ethyl adjacent to an activating group) is 1. The zero-order valence-electron chi connectivity index (χ0n) is 34.4.